The molecule has 31 heavy (non-hydrogen) atoms. The van der Waals surface area contributed by atoms with Crippen LogP contribution in [0, 0.1) is 6.92 Å². The van der Waals surface area contributed by atoms with E-state index in [1.165, 1.54) is 0 Å². The molecule has 1 amide bonds. The van der Waals surface area contributed by atoms with E-state index in [1.807, 2.05) is 77.4 Å². The molecule has 3 heterocycles. The molecule has 5 rings (SSSR count). The topological polar surface area (TPSA) is 52.3 Å². The Hall–Kier alpha value is -3.80. The molecule has 6 heteroatoms. The van der Waals surface area contributed by atoms with Crippen LogP contribution in [0.2, 0.25) is 0 Å². The van der Waals surface area contributed by atoms with E-state index in [4.69, 9.17) is 9.84 Å². The van der Waals surface area contributed by atoms with Gasteiger partial charge < -0.3 is 14.2 Å². The zero-order valence-electron chi connectivity index (χ0n) is 17.7. The van der Waals surface area contributed by atoms with Crippen molar-refractivity contribution in [3.05, 3.63) is 95.4 Å². The molecule has 1 aliphatic heterocycles. The van der Waals surface area contributed by atoms with Gasteiger partial charge in [-0.1, -0.05) is 18.2 Å². The Morgan fingerprint density at radius 3 is 2.45 bits per heavy atom. The van der Waals surface area contributed by atoms with Crippen molar-refractivity contribution in [1.82, 2.24) is 19.2 Å². The normalized spacial score (nSPS) is 12.8. The zero-order valence-corrected chi connectivity index (χ0v) is 17.7. The predicted octanol–water partition coefficient (Wildman–Crippen LogP) is 4.53. The molecule has 0 aliphatic carbocycles. The lowest BCUT2D eigenvalue weighted by Gasteiger charge is -2.18. The lowest BCUT2D eigenvalue weighted by Crippen LogP contribution is -2.26. The molecule has 4 aromatic rings. The number of aromatic nitrogens is 3. The number of hydrogen-bond acceptors (Lipinski definition) is 3. The highest BCUT2D eigenvalue weighted by Crippen LogP contribution is 2.32. The van der Waals surface area contributed by atoms with Gasteiger partial charge in [0, 0.05) is 23.5 Å². The Balaban J connectivity index is 1.49. The van der Waals surface area contributed by atoms with Gasteiger partial charge in [0.25, 0.3) is 5.91 Å². The van der Waals surface area contributed by atoms with E-state index in [0.29, 0.717) is 25.3 Å². The monoisotopic (exact) mass is 412 g/mol. The van der Waals surface area contributed by atoms with Crippen LogP contribution in [-0.4, -0.2) is 31.8 Å². The number of carbonyl (C=O) groups excluding carboxylic acids is 1. The minimum absolute atomic E-state index is 0.00180. The van der Waals surface area contributed by atoms with Crippen molar-refractivity contribution in [3.8, 4) is 17.3 Å². The quantitative estimate of drug-likeness (QED) is 0.484. The van der Waals surface area contributed by atoms with Gasteiger partial charge in [0.05, 0.1) is 31.1 Å². The van der Waals surface area contributed by atoms with Crippen LogP contribution in [0.5, 0.6) is 5.75 Å². The molecule has 0 spiro atoms. The Morgan fingerprint density at radius 1 is 1.00 bits per heavy atom. The highest BCUT2D eigenvalue weighted by molar-refractivity contribution is 5.94. The molecule has 156 valence electrons. The number of rotatable bonds is 5. The van der Waals surface area contributed by atoms with E-state index in [1.54, 1.807) is 0 Å². The predicted molar refractivity (Wildman–Crippen MR) is 119 cm³/mol. The van der Waals surface area contributed by atoms with Crippen molar-refractivity contribution < 1.29 is 9.53 Å². The minimum atomic E-state index is 0.00180. The maximum absolute atomic E-state index is 13.1. The summed E-state index contributed by atoms with van der Waals surface area (Å²) in [4.78, 5) is 15.0. The van der Waals surface area contributed by atoms with Gasteiger partial charge in [-0.05, 0) is 61.9 Å². The summed E-state index contributed by atoms with van der Waals surface area (Å²) in [5.41, 5.74) is 4.87. The number of nitrogens with zero attached hydrogens (tertiary/aromatic N) is 4. The summed E-state index contributed by atoms with van der Waals surface area (Å²) in [6.45, 7) is 5.66. The van der Waals surface area contributed by atoms with Crippen LogP contribution >= 0.6 is 0 Å². The summed E-state index contributed by atoms with van der Waals surface area (Å²) in [5.74, 6) is 1.76. The van der Waals surface area contributed by atoms with Crippen LogP contribution in [0.1, 0.15) is 34.1 Å². The highest BCUT2D eigenvalue weighted by atomic mass is 16.5. The zero-order chi connectivity index (χ0) is 21.4. The van der Waals surface area contributed by atoms with Crippen LogP contribution in [0.15, 0.2) is 73.1 Å². The minimum Gasteiger partial charge on any atom is -0.494 e. The molecule has 0 fully saturated rings. The average Bonchev–Trinajstić information content (AvgIpc) is 3.50. The second kappa shape index (κ2) is 7.80. The smallest absolute Gasteiger partial charge is 0.254 e. The van der Waals surface area contributed by atoms with E-state index < -0.39 is 0 Å². The number of aryl methyl sites for hydroxylation is 1. The maximum atomic E-state index is 13.1. The van der Waals surface area contributed by atoms with Gasteiger partial charge in [-0.3, -0.25) is 4.79 Å². The summed E-state index contributed by atoms with van der Waals surface area (Å²) in [5, 5.41) is 4.92. The molecule has 2 aromatic heterocycles. The number of fused-ring (bicyclic) bond motifs is 1. The van der Waals surface area contributed by atoms with E-state index in [-0.39, 0.29) is 5.91 Å². The molecule has 0 bridgehead atoms. The van der Waals surface area contributed by atoms with Crippen molar-refractivity contribution in [3.63, 3.8) is 0 Å². The van der Waals surface area contributed by atoms with Gasteiger partial charge in [-0.15, -0.1) is 0 Å². The summed E-state index contributed by atoms with van der Waals surface area (Å²) >= 11 is 0. The van der Waals surface area contributed by atoms with Gasteiger partial charge in [0.1, 0.15) is 11.6 Å². The second-order valence-corrected chi connectivity index (χ2v) is 7.66. The van der Waals surface area contributed by atoms with E-state index in [9.17, 15) is 4.79 Å². The number of ether oxygens (including phenoxy) is 1. The fourth-order valence-corrected chi connectivity index (χ4v) is 4.10. The average molecular weight is 412 g/mol. The first-order valence-corrected chi connectivity index (χ1v) is 10.5. The SMILES string of the molecule is CCOc1ccc(C(=O)N2Cc3nn(-c4ccccc4C)c(-n4cccc4)c3C2)cc1. The van der Waals surface area contributed by atoms with Gasteiger partial charge in [0.2, 0.25) is 0 Å². The number of carbonyl (C=O) groups is 1. The molecule has 0 radical (unpaired) electrons. The standard InChI is InChI=1S/C25H24N4O2/c1-3-31-20-12-10-19(11-13-20)25(30)28-16-21-22(17-28)26-29(23-9-5-4-8-18(23)2)24(21)27-14-6-7-15-27/h4-15H,3,16-17H2,1-2H3. The van der Waals surface area contributed by atoms with Gasteiger partial charge in [-0.2, -0.15) is 5.10 Å². The van der Waals surface area contributed by atoms with Crippen molar-refractivity contribution in [1.29, 1.82) is 0 Å². The summed E-state index contributed by atoms with van der Waals surface area (Å²) in [6.07, 6.45) is 4.03. The lowest BCUT2D eigenvalue weighted by atomic mass is 10.2. The third-order valence-corrected chi connectivity index (χ3v) is 5.62. The molecule has 0 unspecified atom stereocenters. The van der Waals surface area contributed by atoms with E-state index in [0.717, 1.165) is 34.1 Å². The number of benzene rings is 2. The van der Waals surface area contributed by atoms with Crippen LogP contribution in [0.4, 0.5) is 0 Å². The maximum Gasteiger partial charge on any atom is 0.254 e. The van der Waals surface area contributed by atoms with Crippen LogP contribution in [-0.2, 0) is 13.1 Å². The second-order valence-electron chi connectivity index (χ2n) is 7.66. The van der Waals surface area contributed by atoms with Crippen molar-refractivity contribution >= 4 is 5.91 Å². The molecule has 6 nitrogen and oxygen atoms in total. The van der Waals surface area contributed by atoms with E-state index in [2.05, 4.69) is 23.6 Å². The number of hydrogen-bond donors (Lipinski definition) is 0. The van der Waals surface area contributed by atoms with Crippen molar-refractivity contribution in [2.75, 3.05) is 6.61 Å². The van der Waals surface area contributed by atoms with E-state index >= 15 is 0 Å². The fraction of sp³-hybridized carbons (Fsp3) is 0.200. The Kier molecular flexibility index (Phi) is 4.82. The lowest BCUT2D eigenvalue weighted by molar-refractivity contribution is 0.0749. The molecule has 0 saturated heterocycles. The first-order chi connectivity index (χ1) is 15.2. The largest absolute Gasteiger partial charge is 0.494 e. The molecule has 2 aromatic carbocycles. The molecular weight excluding hydrogens is 388 g/mol. The van der Waals surface area contributed by atoms with Gasteiger partial charge in [0.15, 0.2) is 0 Å². The first-order valence-electron chi connectivity index (χ1n) is 10.5. The first kappa shape index (κ1) is 19.2. The Morgan fingerprint density at radius 2 is 1.74 bits per heavy atom. The molecular formula is C25H24N4O2. The van der Waals surface area contributed by atoms with Gasteiger partial charge >= 0.3 is 0 Å². The number of amides is 1. The summed E-state index contributed by atoms with van der Waals surface area (Å²) in [7, 11) is 0. The van der Waals surface area contributed by atoms with Gasteiger partial charge in [-0.25, -0.2) is 4.68 Å². The van der Waals surface area contributed by atoms with Crippen LogP contribution < -0.4 is 4.74 Å². The highest BCUT2D eigenvalue weighted by Gasteiger charge is 2.32. The molecule has 0 atom stereocenters. The number of para-hydroxylation sites is 1. The fourth-order valence-electron chi connectivity index (χ4n) is 4.10. The molecule has 0 N–H and O–H groups in total. The summed E-state index contributed by atoms with van der Waals surface area (Å²) in [6, 6.07) is 19.5. The van der Waals surface area contributed by atoms with Crippen molar-refractivity contribution in [2.24, 2.45) is 0 Å². The third-order valence-electron chi connectivity index (χ3n) is 5.62. The van der Waals surface area contributed by atoms with Crippen molar-refractivity contribution in [2.45, 2.75) is 26.9 Å². The molecule has 0 saturated carbocycles. The van der Waals surface area contributed by atoms with Crippen LogP contribution in [0.3, 0.4) is 0 Å². The third kappa shape index (κ3) is 3.40. The van der Waals surface area contributed by atoms with Crippen LogP contribution in [0.25, 0.3) is 11.5 Å². The Labute approximate surface area is 181 Å². The molecule has 1 aliphatic rings. The Bertz CT molecular complexity index is 1220. The summed E-state index contributed by atoms with van der Waals surface area (Å²) < 4.78 is 9.56.